The number of nitrogens with two attached hydrogens (primary N) is 1. The Hall–Kier alpha value is -0.170. The van der Waals surface area contributed by atoms with Gasteiger partial charge in [0.05, 0.1) is 6.61 Å². The van der Waals surface area contributed by atoms with Gasteiger partial charge in [0.1, 0.15) is 5.51 Å². The molecule has 78 valence electrons. The summed E-state index contributed by atoms with van der Waals surface area (Å²) in [5, 5.41) is 17.4. The first kappa shape index (κ1) is 10.4. The fourth-order valence-electron chi connectivity index (χ4n) is 1.71. The van der Waals surface area contributed by atoms with Crippen molar-refractivity contribution >= 4 is 23.1 Å². The van der Waals surface area contributed by atoms with E-state index in [4.69, 9.17) is 10.8 Å². The van der Waals surface area contributed by atoms with Crippen LogP contribution in [0.3, 0.4) is 0 Å². The van der Waals surface area contributed by atoms with Crippen molar-refractivity contribution < 1.29 is 5.11 Å². The maximum absolute atomic E-state index is 9.11. The van der Waals surface area contributed by atoms with Crippen molar-refractivity contribution in [3.8, 4) is 0 Å². The zero-order chi connectivity index (χ0) is 10.0. The van der Waals surface area contributed by atoms with Gasteiger partial charge in [0.2, 0.25) is 0 Å². The third-order valence-corrected chi connectivity index (χ3v) is 4.60. The van der Waals surface area contributed by atoms with Crippen molar-refractivity contribution in [2.45, 2.75) is 34.4 Å². The number of aliphatic hydroxyl groups is 1. The Kier molecular flexibility index (Phi) is 3.06. The number of thioether (sulfide) groups is 1. The Morgan fingerprint density at radius 1 is 1.79 bits per heavy atom. The second kappa shape index (κ2) is 4.14. The van der Waals surface area contributed by atoms with E-state index in [-0.39, 0.29) is 12.1 Å². The van der Waals surface area contributed by atoms with Crippen molar-refractivity contribution in [2.24, 2.45) is 5.73 Å². The largest absolute Gasteiger partial charge is 0.394 e. The summed E-state index contributed by atoms with van der Waals surface area (Å²) in [5.74, 6) is 0. The molecule has 0 aromatic carbocycles. The molecule has 4 nitrogen and oxygen atoms in total. The highest BCUT2D eigenvalue weighted by Crippen LogP contribution is 2.38. The number of aromatic nitrogens is 2. The molecule has 0 amide bonds. The lowest BCUT2D eigenvalue weighted by atomic mass is 10.0. The van der Waals surface area contributed by atoms with Crippen LogP contribution in [0.2, 0.25) is 0 Å². The molecule has 0 spiro atoms. The lowest BCUT2D eigenvalue weighted by molar-refractivity contribution is 0.200. The summed E-state index contributed by atoms with van der Waals surface area (Å²) < 4.78 is 0.997. The SMILES string of the molecule is NC1(CO)CCC(Sc2nncs2)C1. The summed E-state index contributed by atoms with van der Waals surface area (Å²) in [4.78, 5) is 0. The highest BCUT2D eigenvalue weighted by Gasteiger charge is 2.35. The summed E-state index contributed by atoms with van der Waals surface area (Å²) in [7, 11) is 0. The minimum atomic E-state index is -0.359. The molecule has 1 aromatic rings. The first-order valence-electron chi connectivity index (χ1n) is 4.54. The van der Waals surface area contributed by atoms with Gasteiger partial charge in [-0.1, -0.05) is 23.1 Å². The molecule has 2 rings (SSSR count). The van der Waals surface area contributed by atoms with E-state index in [1.165, 1.54) is 0 Å². The average molecular weight is 231 g/mol. The van der Waals surface area contributed by atoms with Gasteiger partial charge in [0.15, 0.2) is 4.34 Å². The molecule has 1 heterocycles. The molecule has 1 aromatic heterocycles. The topological polar surface area (TPSA) is 72.0 Å². The number of hydrogen-bond acceptors (Lipinski definition) is 6. The average Bonchev–Trinajstić information content (AvgIpc) is 2.78. The van der Waals surface area contributed by atoms with E-state index in [9.17, 15) is 0 Å². The number of hydrogen-bond donors (Lipinski definition) is 2. The zero-order valence-corrected chi connectivity index (χ0v) is 9.35. The monoisotopic (exact) mass is 231 g/mol. The predicted octanol–water partition coefficient (Wildman–Crippen LogP) is 0.872. The van der Waals surface area contributed by atoms with Crippen LogP contribution in [-0.2, 0) is 0 Å². The normalized spacial score (nSPS) is 32.3. The Balaban J connectivity index is 1.90. The van der Waals surface area contributed by atoms with E-state index in [1.807, 2.05) is 0 Å². The Morgan fingerprint density at radius 3 is 3.21 bits per heavy atom. The zero-order valence-electron chi connectivity index (χ0n) is 7.72. The smallest absolute Gasteiger partial charge is 0.174 e. The quantitative estimate of drug-likeness (QED) is 0.807. The third kappa shape index (κ3) is 2.25. The van der Waals surface area contributed by atoms with Crippen LogP contribution in [0.15, 0.2) is 9.85 Å². The van der Waals surface area contributed by atoms with Crippen molar-refractivity contribution in [2.75, 3.05) is 6.61 Å². The van der Waals surface area contributed by atoms with E-state index < -0.39 is 0 Å². The molecule has 0 saturated heterocycles. The third-order valence-electron chi connectivity index (χ3n) is 2.52. The van der Waals surface area contributed by atoms with E-state index in [1.54, 1.807) is 28.6 Å². The van der Waals surface area contributed by atoms with Gasteiger partial charge < -0.3 is 10.8 Å². The van der Waals surface area contributed by atoms with Gasteiger partial charge in [-0.15, -0.1) is 10.2 Å². The molecule has 6 heteroatoms. The summed E-state index contributed by atoms with van der Waals surface area (Å²) in [5.41, 5.74) is 7.36. The summed E-state index contributed by atoms with van der Waals surface area (Å²) >= 11 is 3.28. The molecular formula is C8H13N3OS2. The number of rotatable bonds is 3. The van der Waals surface area contributed by atoms with Gasteiger partial charge in [-0.25, -0.2) is 0 Å². The predicted molar refractivity (Wildman–Crippen MR) is 57.4 cm³/mol. The highest BCUT2D eigenvalue weighted by atomic mass is 32.2. The lowest BCUT2D eigenvalue weighted by Crippen LogP contribution is -2.40. The highest BCUT2D eigenvalue weighted by molar-refractivity contribution is 8.01. The van der Waals surface area contributed by atoms with Crippen LogP contribution >= 0.6 is 23.1 Å². The van der Waals surface area contributed by atoms with Crippen molar-refractivity contribution in [1.82, 2.24) is 10.2 Å². The molecule has 0 aliphatic heterocycles. The molecule has 1 aliphatic carbocycles. The minimum absolute atomic E-state index is 0.0835. The molecule has 0 bridgehead atoms. The maximum Gasteiger partial charge on any atom is 0.174 e. The number of nitrogens with zero attached hydrogens (tertiary/aromatic N) is 2. The van der Waals surface area contributed by atoms with Crippen LogP contribution in [0.25, 0.3) is 0 Å². The minimum Gasteiger partial charge on any atom is -0.394 e. The van der Waals surface area contributed by atoms with Crippen molar-refractivity contribution in [3.63, 3.8) is 0 Å². The van der Waals surface area contributed by atoms with E-state index in [0.29, 0.717) is 5.25 Å². The second-order valence-corrected chi connectivity index (χ2v) is 6.09. The number of aliphatic hydroxyl groups excluding tert-OH is 1. The van der Waals surface area contributed by atoms with Crippen LogP contribution < -0.4 is 5.73 Å². The summed E-state index contributed by atoms with van der Waals surface area (Å²) in [6.07, 6.45) is 2.83. The Labute approximate surface area is 90.9 Å². The van der Waals surface area contributed by atoms with Gasteiger partial charge in [0, 0.05) is 10.8 Å². The molecule has 2 unspecified atom stereocenters. The first-order chi connectivity index (χ1) is 6.72. The summed E-state index contributed by atoms with van der Waals surface area (Å²) in [6.45, 7) is 0.0835. The van der Waals surface area contributed by atoms with Crippen LogP contribution in [0.5, 0.6) is 0 Å². The van der Waals surface area contributed by atoms with Crippen LogP contribution in [0, 0.1) is 0 Å². The molecule has 3 N–H and O–H groups in total. The Bertz CT molecular complexity index is 293. The van der Waals surface area contributed by atoms with E-state index >= 15 is 0 Å². The molecule has 1 saturated carbocycles. The molecule has 14 heavy (non-hydrogen) atoms. The molecular weight excluding hydrogens is 218 g/mol. The van der Waals surface area contributed by atoms with Gasteiger partial charge in [-0.2, -0.15) is 0 Å². The van der Waals surface area contributed by atoms with Crippen molar-refractivity contribution in [1.29, 1.82) is 0 Å². The van der Waals surface area contributed by atoms with Crippen LogP contribution in [0.4, 0.5) is 0 Å². The fourth-order valence-corrected chi connectivity index (χ4v) is 3.78. The second-order valence-electron chi connectivity index (χ2n) is 3.71. The van der Waals surface area contributed by atoms with Crippen LogP contribution in [0.1, 0.15) is 19.3 Å². The van der Waals surface area contributed by atoms with Gasteiger partial charge in [0.25, 0.3) is 0 Å². The van der Waals surface area contributed by atoms with Gasteiger partial charge in [-0.05, 0) is 19.3 Å². The van der Waals surface area contributed by atoms with Crippen molar-refractivity contribution in [3.05, 3.63) is 5.51 Å². The lowest BCUT2D eigenvalue weighted by Gasteiger charge is -2.20. The maximum atomic E-state index is 9.11. The van der Waals surface area contributed by atoms with Gasteiger partial charge in [-0.3, -0.25) is 0 Å². The molecule has 1 fully saturated rings. The molecule has 1 aliphatic rings. The standard InChI is InChI=1S/C8H13N3OS2/c9-8(4-12)2-1-6(3-8)14-7-11-10-5-13-7/h5-6,12H,1-4,9H2. The van der Waals surface area contributed by atoms with E-state index in [0.717, 1.165) is 23.6 Å². The van der Waals surface area contributed by atoms with Gasteiger partial charge >= 0.3 is 0 Å². The summed E-state index contributed by atoms with van der Waals surface area (Å²) in [6, 6.07) is 0. The Morgan fingerprint density at radius 2 is 2.64 bits per heavy atom. The first-order valence-corrected chi connectivity index (χ1v) is 6.30. The molecule has 0 radical (unpaired) electrons. The van der Waals surface area contributed by atoms with Crippen LogP contribution in [-0.4, -0.2) is 32.7 Å². The fraction of sp³-hybridized carbons (Fsp3) is 0.750. The van der Waals surface area contributed by atoms with E-state index in [2.05, 4.69) is 10.2 Å². The molecule has 2 atom stereocenters.